The molecule has 0 aliphatic heterocycles. The fraction of sp³-hybridized carbons (Fsp3) is 0.767. The first-order valence-electron chi connectivity index (χ1n) is 28.8. The Morgan fingerprint density at radius 3 is 1.37 bits per heavy atom. The number of allylic oxidation sites excluding steroid dienone is 11. The predicted molar refractivity (Wildman–Crippen MR) is 300 cm³/mol. The van der Waals surface area contributed by atoms with Gasteiger partial charge in [-0.1, -0.05) is 210 Å². The van der Waals surface area contributed by atoms with Crippen LogP contribution in [-0.4, -0.2) is 74.3 Å². The van der Waals surface area contributed by atoms with E-state index in [2.05, 4.69) is 86.8 Å². The lowest BCUT2D eigenvalue weighted by Gasteiger charge is -2.27. The van der Waals surface area contributed by atoms with Crippen LogP contribution >= 0.6 is 7.82 Å². The van der Waals surface area contributed by atoms with Crippen molar-refractivity contribution in [1.29, 1.82) is 0 Å². The number of ether oxygens (including phenoxy) is 1. The Morgan fingerprint density at radius 1 is 0.500 bits per heavy atom. The van der Waals surface area contributed by atoms with Gasteiger partial charge >= 0.3 is 13.8 Å². The number of nitrogens with zero attached hydrogens (tertiary/aromatic N) is 1. The number of likely N-dealkylation sites (N-methyl/N-ethyl adjacent to an activating group) is 1. The zero-order valence-electron chi connectivity index (χ0n) is 46.2. The Balaban J connectivity index is 5.50. The lowest BCUT2D eigenvalue weighted by Crippen LogP contribution is -2.47. The van der Waals surface area contributed by atoms with E-state index < -0.39 is 20.0 Å². The highest BCUT2D eigenvalue weighted by molar-refractivity contribution is 7.47. The van der Waals surface area contributed by atoms with Crippen molar-refractivity contribution in [2.45, 2.75) is 258 Å². The van der Waals surface area contributed by atoms with Crippen molar-refractivity contribution < 1.29 is 37.3 Å². The highest BCUT2D eigenvalue weighted by atomic mass is 31.2. The van der Waals surface area contributed by atoms with Crippen LogP contribution in [0.4, 0.5) is 0 Å². The van der Waals surface area contributed by atoms with Gasteiger partial charge in [0.1, 0.15) is 19.3 Å². The van der Waals surface area contributed by atoms with Crippen LogP contribution in [-0.2, 0) is 27.9 Å². The minimum absolute atomic E-state index is 0.0258. The molecule has 9 nitrogen and oxygen atoms in total. The maximum atomic E-state index is 13.5. The van der Waals surface area contributed by atoms with Crippen LogP contribution in [0.1, 0.15) is 245 Å². The van der Waals surface area contributed by atoms with Crippen molar-refractivity contribution in [2.24, 2.45) is 0 Å². The van der Waals surface area contributed by atoms with Crippen molar-refractivity contribution in [3.05, 3.63) is 72.9 Å². The van der Waals surface area contributed by atoms with Crippen LogP contribution in [0, 0.1) is 0 Å². The summed E-state index contributed by atoms with van der Waals surface area (Å²) in [7, 11) is 1.45. The van der Waals surface area contributed by atoms with E-state index in [0.717, 1.165) is 70.6 Å². The number of carbonyl (C=O) groups excluding carboxylic acids is 2. The molecule has 0 saturated carbocycles. The zero-order valence-corrected chi connectivity index (χ0v) is 47.1. The smallest absolute Gasteiger partial charge is 0.456 e. The molecule has 0 bridgehead atoms. The second-order valence-corrected chi connectivity index (χ2v) is 21.9. The number of hydrogen-bond donors (Lipinski definition) is 2. The Morgan fingerprint density at radius 2 is 0.886 bits per heavy atom. The van der Waals surface area contributed by atoms with E-state index in [1.165, 1.54) is 128 Å². The summed E-state index contributed by atoms with van der Waals surface area (Å²) >= 11 is 0. The number of rotatable bonds is 51. The van der Waals surface area contributed by atoms with Gasteiger partial charge in [0.2, 0.25) is 5.91 Å². The molecule has 0 aliphatic carbocycles. The molecule has 0 radical (unpaired) electrons. The quantitative estimate of drug-likeness (QED) is 0.0205. The van der Waals surface area contributed by atoms with E-state index in [1.54, 1.807) is 0 Å². The van der Waals surface area contributed by atoms with Gasteiger partial charge in [-0.15, -0.1) is 0 Å². The van der Waals surface area contributed by atoms with Crippen LogP contribution in [0.15, 0.2) is 72.9 Å². The van der Waals surface area contributed by atoms with Gasteiger partial charge in [0.25, 0.3) is 0 Å². The first kappa shape index (κ1) is 67.5. The van der Waals surface area contributed by atoms with Gasteiger partial charge < -0.3 is 19.4 Å². The van der Waals surface area contributed by atoms with Gasteiger partial charge in [0.15, 0.2) is 0 Å². The Bertz CT molecular complexity index is 1430. The Kier molecular flexibility index (Phi) is 48.2. The number of nitrogens with one attached hydrogen (secondary N) is 1. The third-order valence-electron chi connectivity index (χ3n) is 12.4. The molecule has 0 aromatic heterocycles. The number of amides is 1. The van der Waals surface area contributed by atoms with Crippen molar-refractivity contribution in [3.63, 3.8) is 0 Å². The van der Waals surface area contributed by atoms with E-state index >= 15 is 0 Å². The molecule has 0 heterocycles. The highest BCUT2D eigenvalue weighted by Gasteiger charge is 2.30. The van der Waals surface area contributed by atoms with E-state index in [4.69, 9.17) is 13.8 Å². The molecular formula is C60H110N2O7P+. The maximum absolute atomic E-state index is 13.5. The third kappa shape index (κ3) is 50.4. The fourth-order valence-corrected chi connectivity index (χ4v) is 8.60. The van der Waals surface area contributed by atoms with Gasteiger partial charge in [-0.2, -0.15) is 0 Å². The predicted octanol–water partition coefficient (Wildman–Crippen LogP) is 17.3. The molecule has 0 spiro atoms. The van der Waals surface area contributed by atoms with E-state index in [0.29, 0.717) is 23.9 Å². The standard InChI is InChI=1S/C60H109N2O7P/c1-7-10-13-16-19-22-25-28-30-31-32-34-37-40-43-46-49-52-59(63)61-57(56-68-70(65,66)67-55-54-62(4,5)6)58(51-48-45-42-39-36-33-27-24-21-18-15-12-9-3)69-60(64)53-50-47-44-41-38-35-29-26-23-20-17-14-11-8-2/h19,22,28,30,32,34-35,38,40,43,48,51,57-58H,7-18,20-21,23-27,29,31,33,36-37,39,41-42,44-47,49-50,52-56H2,1-6H3,(H-,61,63,65,66)/p+1/b22-19-,30-28-,34-32-,38-35-,43-40-,51-48+. The number of quaternary nitrogens is 1. The normalized spacial score (nSPS) is 14.3. The van der Waals surface area contributed by atoms with Gasteiger partial charge in [-0.3, -0.25) is 18.6 Å². The van der Waals surface area contributed by atoms with Gasteiger partial charge in [-0.25, -0.2) is 4.57 Å². The lowest BCUT2D eigenvalue weighted by molar-refractivity contribution is -0.870. The van der Waals surface area contributed by atoms with E-state index in [9.17, 15) is 19.0 Å². The summed E-state index contributed by atoms with van der Waals surface area (Å²) in [6.07, 6.45) is 63.3. The van der Waals surface area contributed by atoms with Gasteiger partial charge in [0, 0.05) is 12.8 Å². The summed E-state index contributed by atoms with van der Waals surface area (Å²) in [6, 6.07) is -0.884. The Labute approximate surface area is 432 Å². The van der Waals surface area contributed by atoms with Gasteiger partial charge in [0.05, 0.1) is 33.8 Å². The average Bonchev–Trinajstić information content (AvgIpc) is 3.32. The molecule has 0 rings (SSSR count). The Hall–Kier alpha value is -2.55. The molecule has 70 heavy (non-hydrogen) atoms. The molecular weight excluding hydrogens is 892 g/mol. The minimum atomic E-state index is -4.46. The largest absolute Gasteiger partial charge is 0.472 e. The molecule has 3 atom stereocenters. The van der Waals surface area contributed by atoms with E-state index in [-0.39, 0.29) is 37.9 Å². The molecule has 0 aliphatic rings. The number of carbonyl (C=O) groups is 2. The van der Waals surface area contributed by atoms with Gasteiger partial charge in [-0.05, 0) is 96.0 Å². The minimum Gasteiger partial charge on any atom is -0.456 e. The van der Waals surface area contributed by atoms with E-state index in [1.807, 2.05) is 33.3 Å². The molecule has 0 aromatic rings. The van der Waals surface area contributed by atoms with Crippen molar-refractivity contribution in [3.8, 4) is 0 Å². The molecule has 0 fully saturated rings. The van der Waals surface area contributed by atoms with Crippen LogP contribution in [0.25, 0.3) is 0 Å². The van der Waals surface area contributed by atoms with Crippen LogP contribution < -0.4 is 5.32 Å². The fourth-order valence-electron chi connectivity index (χ4n) is 7.87. The van der Waals surface area contributed by atoms with Crippen molar-refractivity contribution >= 4 is 19.7 Å². The van der Waals surface area contributed by atoms with Crippen LogP contribution in [0.2, 0.25) is 0 Å². The average molecular weight is 1000 g/mol. The lowest BCUT2D eigenvalue weighted by atomic mass is 10.0. The first-order valence-corrected chi connectivity index (χ1v) is 30.3. The third-order valence-corrected chi connectivity index (χ3v) is 13.4. The van der Waals surface area contributed by atoms with Crippen molar-refractivity contribution in [2.75, 3.05) is 40.9 Å². The molecule has 3 unspecified atom stereocenters. The molecule has 2 N–H and O–H groups in total. The number of esters is 1. The van der Waals surface area contributed by atoms with Crippen LogP contribution in [0.5, 0.6) is 0 Å². The summed E-state index contributed by atoms with van der Waals surface area (Å²) in [4.78, 5) is 37.5. The molecule has 406 valence electrons. The molecule has 0 aromatic carbocycles. The SMILES string of the molecule is CCCCC/C=C\C/C=C\C/C=C\C/C=C\CCCC(=O)NC(COP(=O)(O)OCC[N+](C)(C)C)C(/C=C/CCCCCCCCCCCCC)OC(=O)CCCCC/C=C\CCCCCCCCC. The van der Waals surface area contributed by atoms with Crippen molar-refractivity contribution in [1.82, 2.24) is 5.32 Å². The summed E-state index contributed by atoms with van der Waals surface area (Å²) < 4.78 is 30.6. The maximum Gasteiger partial charge on any atom is 0.472 e. The number of phosphoric ester groups is 1. The second-order valence-electron chi connectivity index (χ2n) is 20.5. The summed E-state index contributed by atoms with van der Waals surface area (Å²) in [5, 5.41) is 3.01. The zero-order chi connectivity index (χ0) is 51.5. The molecule has 0 saturated heterocycles. The number of hydrogen-bond acceptors (Lipinski definition) is 6. The molecule has 1 amide bonds. The number of unbranched alkanes of at least 4 members (excludes halogenated alkanes) is 25. The number of phosphoric acid groups is 1. The highest BCUT2D eigenvalue weighted by Crippen LogP contribution is 2.43. The summed E-state index contributed by atoms with van der Waals surface area (Å²) in [6.45, 7) is 6.92. The molecule has 10 heteroatoms. The summed E-state index contributed by atoms with van der Waals surface area (Å²) in [5.41, 5.74) is 0. The summed E-state index contributed by atoms with van der Waals surface area (Å²) in [5.74, 6) is -0.590. The topological polar surface area (TPSA) is 111 Å². The monoisotopic (exact) mass is 1000 g/mol. The second kappa shape index (κ2) is 50.0. The van der Waals surface area contributed by atoms with Crippen LogP contribution in [0.3, 0.4) is 0 Å². The first-order chi connectivity index (χ1) is 33.9.